The molecule has 6 nitrogen and oxygen atoms in total. The van der Waals surface area contributed by atoms with E-state index in [1.807, 2.05) is 30.3 Å². The van der Waals surface area contributed by atoms with Crippen LogP contribution in [0.25, 0.3) is 0 Å². The first kappa shape index (κ1) is 19.4. The topological polar surface area (TPSA) is 88.4 Å². The van der Waals surface area contributed by atoms with Crippen molar-refractivity contribution in [2.24, 2.45) is 0 Å². The van der Waals surface area contributed by atoms with Gasteiger partial charge in [0, 0.05) is 12.6 Å². The number of rotatable bonds is 5. The van der Waals surface area contributed by atoms with Gasteiger partial charge in [0.25, 0.3) is 0 Å². The monoisotopic (exact) mass is 378 g/mol. The van der Waals surface area contributed by atoms with Crippen LogP contribution in [0.15, 0.2) is 42.5 Å². The van der Waals surface area contributed by atoms with Crippen molar-refractivity contribution in [3.05, 3.63) is 53.6 Å². The van der Waals surface area contributed by atoms with E-state index in [1.54, 1.807) is 13.2 Å². The molecule has 28 heavy (non-hydrogen) atoms. The minimum Gasteiger partial charge on any atom is -0.497 e. The van der Waals surface area contributed by atoms with Gasteiger partial charge in [0.2, 0.25) is 5.91 Å². The van der Waals surface area contributed by atoms with Gasteiger partial charge in [-0.1, -0.05) is 25.0 Å². The lowest BCUT2D eigenvalue weighted by molar-refractivity contribution is -0.132. The van der Waals surface area contributed by atoms with Crippen LogP contribution in [0.1, 0.15) is 43.7 Å². The Kier molecular flexibility index (Phi) is 5.65. The summed E-state index contributed by atoms with van der Waals surface area (Å²) in [4.78, 5) is 24.4. The predicted molar refractivity (Wildman–Crippen MR) is 104 cm³/mol. The number of amides is 1. The molecule has 1 fully saturated rings. The summed E-state index contributed by atoms with van der Waals surface area (Å²) in [5.41, 5.74) is 1.05. The molecule has 1 aliphatic carbocycles. The van der Waals surface area contributed by atoms with Gasteiger partial charge in [-0.25, -0.2) is 0 Å². The minimum absolute atomic E-state index is 0.0979. The standard InChI is InChI=1S/C22H22N2O4/c1-15(25)28-20-10-7-18(13-16(20)14-23)24-21(26)22(11-3-4-12-22)17-5-8-19(27-2)9-6-17/h5-10,13H,3-4,11-12H2,1-2H3,(H,24,26). The first-order valence-electron chi connectivity index (χ1n) is 9.17. The highest BCUT2D eigenvalue weighted by Gasteiger charge is 2.42. The maximum absolute atomic E-state index is 13.2. The van der Waals surface area contributed by atoms with Gasteiger partial charge in [-0.2, -0.15) is 5.26 Å². The minimum atomic E-state index is -0.604. The van der Waals surface area contributed by atoms with E-state index in [2.05, 4.69) is 5.32 Å². The number of ether oxygens (including phenoxy) is 2. The molecule has 0 unspecified atom stereocenters. The van der Waals surface area contributed by atoms with Crippen molar-refractivity contribution in [1.82, 2.24) is 0 Å². The maximum atomic E-state index is 13.2. The number of hydrogen-bond acceptors (Lipinski definition) is 5. The molecule has 1 saturated carbocycles. The smallest absolute Gasteiger partial charge is 0.308 e. The number of anilines is 1. The summed E-state index contributed by atoms with van der Waals surface area (Å²) >= 11 is 0. The summed E-state index contributed by atoms with van der Waals surface area (Å²) in [5.74, 6) is 0.327. The van der Waals surface area contributed by atoms with Gasteiger partial charge in [-0.3, -0.25) is 9.59 Å². The van der Waals surface area contributed by atoms with Gasteiger partial charge in [-0.05, 0) is 48.7 Å². The first-order chi connectivity index (χ1) is 13.5. The Balaban J connectivity index is 1.87. The summed E-state index contributed by atoms with van der Waals surface area (Å²) in [6, 6.07) is 14.3. The van der Waals surface area contributed by atoms with Gasteiger partial charge in [-0.15, -0.1) is 0 Å². The van der Waals surface area contributed by atoms with Crippen molar-refractivity contribution in [3.8, 4) is 17.6 Å². The van der Waals surface area contributed by atoms with Crippen LogP contribution in [0.3, 0.4) is 0 Å². The molecule has 0 aromatic heterocycles. The Bertz CT molecular complexity index is 923. The van der Waals surface area contributed by atoms with Gasteiger partial charge >= 0.3 is 5.97 Å². The van der Waals surface area contributed by atoms with Crippen LogP contribution in [0.5, 0.6) is 11.5 Å². The van der Waals surface area contributed by atoms with Crippen molar-refractivity contribution in [2.45, 2.75) is 38.0 Å². The second-order valence-electron chi connectivity index (χ2n) is 6.89. The van der Waals surface area contributed by atoms with Crippen LogP contribution in [0.2, 0.25) is 0 Å². The summed E-state index contributed by atoms with van der Waals surface area (Å²) in [6.07, 6.45) is 3.49. The molecule has 3 rings (SSSR count). The number of hydrogen-bond donors (Lipinski definition) is 1. The fourth-order valence-corrected chi connectivity index (χ4v) is 3.73. The van der Waals surface area contributed by atoms with Crippen LogP contribution >= 0.6 is 0 Å². The Hall–Kier alpha value is -3.33. The van der Waals surface area contributed by atoms with Crippen molar-refractivity contribution in [3.63, 3.8) is 0 Å². The third-order valence-corrected chi connectivity index (χ3v) is 5.15. The van der Waals surface area contributed by atoms with Crippen molar-refractivity contribution < 1.29 is 19.1 Å². The van der Waals surface area contributed by atoms with Crippen molar-refractivity contribution in [1.29, 1.82) is 5.26 Å². The lowest BCUT2D eigenvalue weighted by Crippen LogP contribution is -2.38. The zero-order valence-corrected chi connectivity index (χ0v) is 16.0. The molecule has 0 heterocycles. The van der Waals surface area contributed by atoms with Crippen molar-refractivity contribution in [2.75, 3.05) is 12.4 Å². The summed E-state index contributed by atoms with van der Waals surface area (Å²) in [5, 5.41) is 12.3. The van der Waals surface area contributed by atoms with E-state index in [0.717, 1.165) is 37.0 Å². The lowest BCUT2D eigenvalue weighted by Gasteiger charge is -2.28. The average molecular weight is 378 g/mol. The Labute approximate surface area is 164 Å². The first-order valence-corrected chi connectivity index (χ1v) is 9.17. The molecule has 144 valence electrons. The van der Waals surface area contributed by atoms with Crippen LogP contribution in [0.4, 0.5) is 5.69 Å². The molecule has 0 radical (unpaired) electrons. The van der Waals surface area contributed by atoms with Crippen LogP contribution < -0.4 is 14.8 Å². The van der Waals surface area contributed by atoms with Crippen molar-refractivity contribution >= 4 is 17.6 Å². The fraction of sp³-hybridized carbons (Fsp3) is 0.318. The van der Waals surface area contributed by atoms with E-state index < -0.39 is 11.4 Å². The maximum Gasteiger partial charge on any atom is 0.308 e. The highest BCUT2D eigenvalue weighted by atomic mass is 16.5. The number of nitriles is 1. The SMILES string of the molecule is COc1ccc(C2(C(=O)Nc3ccc(OC(C)=O)c(C#N)c3)CCCC2)cc1. The quantitative estimate of drug-likeness (QED) is 0.629. The highest BCUT2D eigenvalue weighted by Crippen LogP contribution is 2.42. The van der Waals surface area contributed by atoms with E-state index in [4.69, 9.17) is 9.47 Å². The van der Waals surface area contributed by atoms with E-state index in [1.165, 1.54) is 19.1 Å². The second-order valence-corrected chi connectivity index (χ2v) is 6.89. The molecule has 1 N–H and O–H groups in total. The third kappa shape index (κ3) is 3.84. The molecule has 0 spiro atoms. The molecule has 2 aromatic rings. The molecule has 0 atom stereocenters. The Morgan fingerprint density at radius 3 is 2.36 bits per heavy atom. The summed E-state index contributed by atoms with van der Waals surface area (Å²) < 4.78 is 10.2. The molecule has 6 heteroatoms. The van der Waals surface area contributed by atoms with E-state index in [-0.39, 0.29) is 17.2 Å². The molecule has 0 saturated heterocycles. The second kappa shape index (κ2) is 8.13. The highest BCUT2D eigenvalue weighted by molar-refractivity contribution is 5.99. The van der Waals surface area contributed by atoms with Crippen LogP contribution in [-0.2, 0) is 15.0 Å². The average Bonchev–Trinajstić information content (AvgIpc) is 3.20. The van der Waals surface area contributed by atoms with Gasteiger partial charge < -0.3 is 14.8 Å². The van der Waals surface area contributed by atoms with Crippen LogP contribution in [-0.4, -0.2) is 19.0 Å². The molecule has 1 aliphatic rings. The van der Waals surface area contributed by atoms with Gasteiger partial charge in [0.15, 0.2) is 0 Å². The zero-order chi connectivity index (χ0) is 20.1. The molecular formula is C22H22N2O4. The molecular weight excluding hydrogens is 356 g/mol. The number of nitrogens with one attached hydrogen (secondary N) is 1. The van der Waals surface area contributed by atoms with E-state index in [9.17, 15) is 14.9 Å². The number of methoxy groups -OCH3 is 1. The third-order valence-electron chi connectivity index (χ3n) is 5.15. The summed E-state index contributed by atoms with van der Waals surface area (Å²) in [7, 11) is 1.61. The Morgan fingerprint density at radius 2 is 1.79 bits per heavy atom. The largest absolute Gasteiger partial charge is 0.497 e. The summed E-state index contributed by atoms with van der Waals surface area (Å²) in [6.45, 7) is 1.27. The number of carbonyl (C=O) groups is 2. The lowest BCUT2D eigenvalue weighted by atomic mass is 9.78. The Morgan fingerprint density at radius 1 is 1.11 bits per heavy atom. The molecule has 0 bridgehead atoms. The number of nitrogens with zero attached hydrogens (tertiary/aromatic N) is 1. The molecule has 2 aromatic carbocycles. The number of benzene rings is 2. The fourth-order valence-electron chi connectivity index (χ4n) is 3.73. The van der Waals surface area contributed by atoms with E-state index in [0.29, 0.717) is 5.69 Å². The normalized spacial score (nSPS) is 14.8. The number of esters is 1. The predicted octanol–water partition coefficient (Wildman–Crippen LogP) is 3.94. The molecule has 1 amide bonds. The number of carbonyl (C=O) groups excluding carboxylic acids is 2. The van der Waals surface area contributed by atoms with E-state index >= 15 is 0 Å². The van der Waals surface area contributed by atoms with Gasteiger partial charge in [0.1, 0.15) is 17.6 Å². The zero-order valence-electron chi connectivity index (χ0n) is 16.0. The van der Waals surface area contributed by atoms with Gasteiger partial charge in [0.05, 0.1) is 18.1 Å². The molecule has 0 aliphatic heterocycles. The van der Waals surface area contributed by atoms with Crippen LogP contribution in [0, 0.1) is 11.3 Å².